The molecule has 0 radical (unpaired) electrons. The van der Waals surface area contributed by atoms with Crippen molar-refractivity contribution in [2.24, 2.45) is 5.84 Å². The zero-order valence-corrected chi connectivity index (χ0v) is 13.5. The fourth-order valence-electron chi connectivity index (χ4n) is 2.20. The van der Waals surface area contributed by atoms with Gasteiger partial charge in [-0.05, 0) is 52.5 Å². The summed E-state index contributed by atoms with van der Waals surface area (Å²) in [6.07, 6.45) is 0. The summed E-state index contributed by atoms with van der Waals surface area (Å²) >= 11 is 9.16. The van der Waals surface area contributed by atoms with Gasteiger partial charge in [-0.3, -0.25) is 5.84 Å². The van der Waals surface area contributed by atoms with E-state index in [4.69, 9.17) is 17.4 Å². The van der Waals surface area contributed by atoms with Crippen LogP contribution in [0.5, 0.6) is 0 Å². The van der Waals surface area contributed by atoms with E-state index in [9.17, 15) is 4.39 Å². The standard InChI is InChI=1S/C15H15BrClFN2/c1-8-4-3-5-10(9(8)2)15(20-19)11-6-7-12(16)13(17)14(11)18/h3-7,15,20H,19H2,1-2H3. The lowest BCUT2D eigenvalue weighted by Gasteiger charge is -2.21. The third-order valence-electron chi connectivity index (χ3n) is 3.50. The summed E-state index contributed by atoms with van der Waals surface area (Å²) in [5.74, 6) is 5.17. The Hall–Kier alpha value is -0.940. The van der Waals surface area contributed by atoms with Crippen molar-refractivity contribution < 1.29 is 4.39 Å². The van der Waals surface area contributed by atoms with E-state index in [1.54, 1.807) is 12.1 Å². The second-order valence-electron chi connectivity index (χ2n) is 4.65. The quantitative estimate of drug-likeness (QED) is 0.485. The number of rotatable bonds is 3. The Labute approximate surface area is 131 Å². The molecule has 2 nitrogen and oxygen atoms in total. The molecular weight excluding hydrogens is 343 g/mol. The second-order valence-corrected chi connectivity index (χ2v) is 5.89. The topological polar surface area (TPSA) is 38.0 Å². The first-order chi connectivity index (χ1) is 9.47. The van der Waals surface area contributed by atoms with Gasteiger partial charge in [-0.2, -0.15) is 0 Å². The summed E-state index contributed by atoms with van der Waals surface area (Å²) in [6.45, 7) is 4.00. The van der Waals surface area contributed by atoms with Crippen molar-refractivity contribution >= 4 is 27.5 Å². The first-order valence-electron chi connectivity index (χ1n) is 6.13. The van der Waals surface area contributed by atoms with Crippen molar-refractivity contribution in [2.75, 3.05) is 0 Å². The van der Waals surface area contributed by atoms with Crippen molar-refractivity contribution in [2.45, 2.75) is 19.9 Å². The van der Waals surface area contributed by atoms with Crippen molar-refractivity contribution in [3.05, 3.63) is 67.9 Å². The average molecular weight is 358 g/mol. The van der Waals surface area contributed by atoms with Gasteiger partial charge in [-0.15, -0.1) is 0 Å². The molecule has 0 fully saturated rings. The van der Waals surface area contributed by atoms with Crippen LogP contribution in [0.4, 0.5) is 4.39 Å². The van der Waals surface area contributed by atoms with E-state index >= 15 is 0 Å². The predicted octanol–water partition coefficient (Wildman–Crippen LogP) is 4.41. The number of aryl methyl sites for hydroxylation is 1. The van der Waals surface area contributed by atoms with Crippen LogP contribution in [0, 0.1) is 19.7 Å². The van der Waals surface area contributed by atoms with Crippen LogP contribution in [0.3, 0.4) is 0 Å². The number of nitrogens with one attached hydrogen (secondary N) is 1. The molecule has 1 atom stereocenters. The summed E-state index contributed by atoms with van der Waals surface area (Å²) < 4.78 is 14.9. The highest BCUT2D eigenvalue weighted by atomic mass is 79.9. The molecule has 0 aliphatic heterocycles. The van der Waals surface area contributed by atoms with E-state index in [-0.39, 0.29) is 5.02 Å². The smallest absolute Gasteiger partial charge is 0.148 e. The molecule has 0 heterocycles. The largest absolute Gasteiger partial charge is 0.271 e. The lowest BCUT2D eigenvalue weighted by atomic mass is 9.93. The molecule has 2 aromatic carbocycles. The SMILES string of the molecule is Cc1cccc(C(NN)c2ccc(Br)c(Cl)c2F)c1C. The Kier molecular flexibility index (Phi) is 4.81. The Morgan fingerprint density at radius 1 is 1.20 bits per heavy atom. The molecule has 0 aliphatic rings. The van der Waals surface area contributed by atoms with E-state index in [0.717, 1.165) is 16.7 Å². The van der Waals surface area contributed by atoms with Crippen LogP contribution in [0.1, 0.15) is 28.3 Å². The van der Waals surface area contributed by atoms with Gasteiger partial charge in [-0.1, -0.05) is 35.9 Å². The van der Waals surface area contributed by atoms with Gasteiger partial charge in [0, 0.05) is 10.0 Å². The van der Waals surface area contributed by atoms with Crippen LogP contribution in [0.2, 0.25) is 5.02 Å². The van der Waals surface area contributed by atoms with Crippen LogP contribution in [0.15, 0.2) is 34.8 Å². The van der Waals surface area contributed by atoms with Crippen LogP contribution in [-0.2, 0) is 0 Å². The van der Waals surface area contributed by atoms with Crippen LogP contribution in [0.25, 0.3) is 0 Å². The highest BCUT2D eigenvalue weighted by Crippen LogP contribution is 2.33. The summed E-state index contributed by atoms with van der Waals surface area (Å²) in [6, 6.07) is 8.83. The minimum absolute atomic E-state index is 0.0630. The fourth-order valence-corrected chi connectivity index (χ4v) is 2.68. The van der Waals surface area contributed by atoms with Crippen LogP contribution in [-0.4, -0.2) is 0 Å². The summed E-state index contributed by atoms with van der Waals surface area (Å²) in [4.78, 5) is 0. The van der Waals surface area contributed by atoms with E-state index in [2.05, 4.69) is 21.4 Å². The lowest BCUT2D eigenvalue weighted by molar-refractivity contribution is 0.558. The molecule has 3 N–H and O–H groups in total. The average Bonchev–Trinajstić information content (AvgIpc) is 2.44. The van der Waals surface area contributed by atoms with E-state index in [1.165, 1.54) is 0 Å². The van der Waals surface area contributed by atoms with Gasteiger partial charge in [0.1, 0.15) is 5.82 Å². The second kappa shape index (κ2) is 6.22. The molecule has 1 unspecified atom stereocenters. The molecule has 0 aromatic heterocycles. The maximum absolute atomic E-state index is 14.4. The van der Waals surface area contributed by atoms with E-state index in [0.29, 0.717) is 10.0 Å². The molecule has 20 heavy (non-hydrogen) atoms. The van der Waals surface area contributed by atoms with Gasteiger partial charge in [0.25, 0.3) is 0 Å². The highest BCUT2D eigenvalue weighted by molar-refractivity contribution is 9.10. The molecular formula is C15H15BrClFN2. The number of benzene rings is 2. The maximum atomic E-state index is 14.4. The Morgan fingerprint density at radius 3 is 2.55 bits per heavy atom. The number of hydrogen-bond acceptors (Lipinski definition) is 2. The molecule has 0 saturated carbocycles. The third-order valence-corrected chi connectivity index (χ3v) is 4.76. The number of halogens is 3. The molecule has 0 aliphatic carbocycles. The number of nitrogens with two attached hydrogens (primary N) is 1. The molecule has 0 amide bonds. The molecule has 0 bridgehead atoms. The summed E-state index contributed by atoms with van der Waals surface area (Å²) in [5, 5.41) is 0.0630. The lowest BCUT2D eigenvalue weighted by Crippen LogP contribution is -2.30. The maximum Gasteiger partial charge on any atom is 0.148 e. The summed E-state index contributed by atoms with van der Waals surface area (Å²) in [7, 11) is 0. The summed E-state index contributed by atoms with van der Waals surface area (Å²) in [5.41, 5.74) is 6.25. The zero-order chi connectivity index (χ0) is 14.9. The van der Waals surface area contributed by atoms with Gasteiger partial charge >= 0.3 is 0 Å². The third kappa shape index (κ3) is 2.74. The molecule has 2 rings (SSSR count). The number of hydrogen-bond donors (Lipinski definition) is 2. The minimum Gasteiger partial charge on any atom is -0.271 e. The minimum atomic E-state index is -0.468. The van der Waals surface area contributed by atoms with Gasteiger partial charge < -0.3 is 0 Å². The Morgan fingerprint density at radius 2 is 1.90 bits per heavy atom. The molecule has 0 saturated heterocycles. The predicted molar refractivity (Wildman–Crippen MR) is 84.2 cm³/mol. The molecule has 2 aromatic rings. The van der Waals surface area contributed by atoms with Crippen LogP contribution >= 0.6 is 27.5 Å². The van der Waals surface area contributed by atoms with Crippen molar-refractivity contribution in [1.82, 2.24) is 5.43 Å². The Bertz CT molecular complexity index is 646. The van der Waals surface area contributed by atoms with Gasteiger partial charge in [-0.25, -0.2) is 9.82 Å². The van der Waals surface area contributed by atoms with Crippen molar-refractivity contribution in [1.29, 1.82) is 0 Å². The molecule has 106 valence electrons. The molecule has 5 heteroatoms. The normalized spacial score (nSPS) is 12.5. The highest BCUT2D eigenvalue weighted by Gasteiger charge is 2.21. The number of hydrazine groups is 1. The Balaban J connectivity index is 2.59. The monoisotopic (exact) mass is 356 g/mol. The van der Waals surface area contributed by atoms with E-state index in [1.807, 2.05) is 32.0 Å². The van der Waals surface area contributed by atoms with E-state index < -0.39 is 11.9 Å². The van der Waals surface area contributed by atoms with Gasteiger partial charge in [0.15, 0.2) is 0 Å². The van der Waals surface area contributed by atoms with Crippen molar-refractivity contribution in [3.8, 4) is 0 Å². The van der Waals surface area contributed by atoms with Crippen LogP contribution < -0.4 is 11.3 Å². The van der Waals surface area contributed by atoms with Gasteiger partial charge in [0.05, 0.1) is 11.1 Å². The first-order valence-corrected chi connectivity index (χ1v) is 7.30. The zero-order valence-electron chi connectivity index (χ0n) is 11.2. The molecule has 0 spiro atoms. The first kappa shape index (κ1) is 15.4. The van der Waals surface area contributed by atoms with Crippen molar-refractivity contribution in [3.63, 3.8) is 0 Å². The van der Waals surface area contributed by atoms with Gasteiger partial charge in [0.2, 0.25) is 0 Å². The fraction of sp³-hybridized carbons (Fsp3) is 0.200.